The van der Waals surface area contributed by atoms with Gasteiger partial charge in [-0.2, -0.15) is 4.37 Å². The van der Waals surface area contributed by atoms with Crippen molar-refractivity contribution in [3.8, 4) is 0 Å². The lowest BCUT2D eigenvalue weighted by Crippen LogP contribution is -1.99. The Bertz CT molecular complexity index is 462. The molecule has 0 atom stereocenters. The zero-order valence-electron chi connectivity index (χ0n) is 10.2. The number of hydrogen-bond acceptors (Lipinski definition) is 4. The summed E-state index contributed by atoms with van der Waals surface area (Å²) in [6.45, 7) is 5.04. The molecule has 0 fully saturated rings. The van der Waals surface area contributed by atoms with E-state index in [-0.39, 0.29) is 0 Å². The van der Waals surface area contributed by atoms with Crippen LogP contribution in [0.3, 0.4) is 0 Å². The summed E-state index contributed by atoms with van der Waals surface area (Å²) in [6.07, 6.45) is 1.98. The number of nitrogens with one attached hydrogen (secondary N) is 1. The Hall–Kier alpha value is -1.42. The van der Waals surface area contributed by atoms with Crippen molar-refractivity contribution >= 4 is 16.7 Å². The van der Waals surface area contributed by atoms with Gasteiger partial charge in [0.1, 0.15) is 5.82 Å². The zero-order chi connectivity index (χ0) is 12.1. The molecule has 1 heterocycles. The lowest BCUT2D eigenvalue weighted by molar-refractivity contribution is 0.992. The lowest BCUT2D eigenvalue weighted by atomic mass is 10.1. The molecule has 0 spiro atoms. The third-order valence-corrected chi connectivity index (χ3v) is 3.37. The number of rotatable bonds is 5. The van der Waals surface area contributed by atoms with Crippen LogP contribution in [0.15, 0.2) is 24.3 Å². The first-order valence-corrected chi connectivity index (χ1v) is 6.73. The Kier molecular flexibility index (Phi) is 4.09. The van der Waals surface area contributed by atoms with Crippen LogP contribution in [0.25, 0.3) is 0 Å². The summed E-state index contributed by atoms with van der Waals surface area (Å²) in [6, 6.07) is 8.67. The normalized spacial score (nSPS) is 10.5. The summed E-state index contributed by atoms with van der Waals surface area (Å²) in [5.41, 5.74) is 2.65. The molecule has 0 aliphatic rings. The topological polar surface area (TPSA) is 37.8 Å². The van der Waals surface area contributed by atoms with E-state index in [1.807, 2.05) is 0 Å². The molecular formula is C13H17N3S. The molecule has 1 N–H and O–H groups in total. The summed E-state index contributed by atoms with van der Waals surface area (Å²) >= 11 is 1.43. The van der Waals surface area contributed by atoms with E-state index in [0.717, 1.165) is 30.3 Å². The maximum atomic E-state index is 4.37. The molecule has 2 aromatic rings. The van der Waals surface area contributed by atoms with E-state index in [1.54, 1.807) is 0 Å². The van der Waals surface area contributed by atoms with Gasteiger partial charge in [-0.15, -0.1) is 0 Å². The second-order valence-corrected chi connectivity index (χ2v) is 4.64. The first kappa shape index (κ1) is 12.0. The molecule has 0 radical (unpaired) electrons. The summed E-state index contributed by atoms with van der Waals surface area (Å²) in [5, 5.41) is 4.20. The van der Waals surface area contributed by atoms with Crippen molar-refractivity contribution in [2.45, 2.75) is 33.2 Å². The van der Waals surface area contributed by atoms with Crippen LogP contribution >= 0.6 is 11.5 Å². The Labute approximate surface area is 106 Å². The van der Waals surface area contributed by atoms with Crippen LogP contribution in [-0.2, 0) is 19.4 Å². The summed E-state index contributed by atoms with van der Waals surface area (Å²) in [4.78, 5) is 4.37. The van der Waals surface area contributed by atoms with Gasteiger partial charge in [0.2, 0.25) is 5.13 Å². The van der Waals surface area contributed by atoms with Gasteiger partial charge < -0.3 is 5.32 Å². The average Bonchev–Trinajstić information content (AvgIpc) is 2.85. The number of anilines is 1. The molecule has 0 saturated carbocycles. The van der Waals surface area contributed by atoms with E-state index in [9.17, 15) is 0 Å². The van der Waals surface area contributed by atoms with Crippen LogP contribution in [0, 0.1) is 0 Å². The average molecular weight is 247 g/mol. The molecule has 90 valence electrons. The predicted octanol–water partition coefficient (Wildman–Crippen LogP) is 3.28. The molecule has 4 heteroatoms. The number of aryl methyl sites for hydroxylation is 2. The molecule has 3 nitrogen and oxygen atoms in total. The largest absolute Gasteiger partial charge is 0.356 e. The highest BCUT2D eigenvalue weighted by molar-refractivity contribution is 7.09. The van der Waals surface area contributed by atoms with E-state index in [4.69, 9.17) is 0 Å². The number of benzene rings is 1. The number of hydrogen-bond donors (Lipinski definition) is 1. The summed E-state index contributed by atoms with van der Waals surface area (Å²) < 4.78 is 4.24. The van der Waals surface area contributed by atoms with Gasteiger partial charge >= 0.3 is 0 Å². The van der Waals surface area contributed by atoms with Gasteiger partial charge in [-0.25, -0.2) is 4.98 Å². The maximum Gasteiger partial charge on any atom is 0.202 e. The molecule has 0 saturated heterocycles. The van der Waals surface area contributed by atoms with Gasteiger partial charge in [0, 0.05) is 24.5 Å². The predicted molar refractivity (Wildman–Crippen MR) is 72.4 cm³/mol. The van der Waals surface area contributed by atoms with E-state index in [1.165, 1.54) is 22.7 Å². The van der Waals surface area contributed by atoms with Crippen LogP contribution in [-0.4, -0.2) is 9.36 Å². The molecule has 17 heavy (non-hydrogen) atoms. The zero-order valence-corrected chi connectivity index (χ0v) is 11.0. The summed E-state index contributed by atoms with van der Waals surface area (Å²) in [5.74, 6) is 0.916. The quantitative estimate of drug-likeness (QED) is 0.881. The van der Waals surface area contributed by atoms with E-state index < -0.39 is 0 Å². The van der Waals surface area contributed by atoms with Gasteiger partial charge in [0.05, 0.1) is 0 Å². The van der Waals surface area contributed by atoms with Crippen LogP contribution in [0.1, 0.15) is 30.8 Å². The highest BCUT2D eigenvalue weighted by atomic mass is 32.1. The van der Waals surface area contributed by atoms with Crippen LogP contribution in [0.4, 0.5) is 5.13 Å². The molecule has 0 unspecified atom stereocenters. The van der Waals surface area contributed by atoms with Gasteiger partial charge in [-0.3, -0.25) is 0 Å². The van der Waals surface area contributed by atoms with E-state index >= 15 is 0 Å². The van der Waals surface area contributed by atoms with Crippen molar-refractivity contribution in [3.05, 3.63) is 41.2 Å². The molecule has 2 rings (SSSR count). The van der Waals surface area contributed by atoms with Gasteiger partial charge in [-0.05, 0) is 17.5 Å². The Morgan fingerprint density at radius 1 is 1.06 bits per heavy atom. The van der Waals surface area contributed by atoms with Crippen LogP contribution in [0.5, 0.6) is 0 Å². The van der Waals surface area contributed by atoms with Crippen molar-refractivity contribution in [2.24, 2.45) is 0 Å². The van der Waals surface area contributed by atoms with Crippen molar-refractivity contribution < 1.29 is 0 Å². The molecule has 0 amide bonds. The third-order valence-electron chi connectivity index (χ3n) is 2.66. The Morgan fingerprint density at radius 3 is 2.35 bits per heavy atom. The minimum Gasteiger partial charge on any atom is -0.356 e. The SMILES string of the molecule is CCc1ccc(CNc2nc(CC)ns2)cc1. The molecule has 1 aromatic carbocycles. The minimum atomic E-state index is 0.808. The Balaban J connectivity index is 1.92. The van der Waals surface area contributed by atoms with Crippen LogP contribution in [0.2, 0.25) is 0 Å². The standard InChI is InChI=1S/C13H17N3S/c1-3-10-5-7-11(8-6-10)9-14-13-15-12(4-2)16-17-13/h5-8H,3-4,9H2,1-2H3,(H,14,15,16). The fourth-order valence-corrected chi connectivity index (χ4v) is 2.18. The van der Waals surface area contributed by atoms with Crippen molar-refractivity contribution in [3.63, 3.8) is 0 Å². The van der Waals surface area contributed by atoms with E-state index in [0.29, 0.717) is 0 Å². The fourth-order valence-electron chi connectivity index (χ4n) is 1.54. The highest BCUT2D eigenvalue weighted by Gasteiger charge is 2.01. The van der Waals surface area contributed by atoms with Crippen molar-refractivity contribution in [1.82, 2.24) is 9.36 Å². The first-order chi connectivity index (χ1) is 8.31. The fraction of sp³-hybridized carbons (Fsp3) is 0.385. The minimum absolute atomic E-state index is 0.808. The van der Waals surface area contributed by atoms with Gasteiger partial charge in [0.25, 0.3) is 0 Å². The number of nitrogens with zero attached hydrogens (tertiary/aromatic N) is 2. The third kappa shape index (κ3) is 3.27. The maximum absolute atomic E-state index is 4.37. The molecule has 0 bridgehead atoms. The second kappa shape index (κ2) is 5.77. The Morgan fingerprint density at radius 2 is 1.76 bits per heavy atom. The van der Waals surface area contributed by atoms with Crippen molar-refractivity contribution in [2.75, 3.05) is 5.32 Å². The van der Waals surface area contributed by atoms with E-state index in [2.05, 4.69) is 52.8 Å². The lowest BCUT2D eigenvalue weighted by Gasteiger charge is -2.03. The summed E-state index contributed by atoms with van der Waals surface area (Å²) in [7, 11) is 0. The van der Waals surface area contributed by atoms with Gasteiger partial charge in [-0.1, -0.05) is 38.1 Å². The smallest absolute Gasteiger partial charge is 0.202 e. The highest BCUT2D eigenvalue weighted by Crippen LogP contribution is 2.13. The molecular weight excluding hydrogens is 230 g/mol. The molecule has 0 aliphatic carbocycles. The van der Waals surface area contributed by atoms with Crippen LogP contribution < -0.4 is 5.32 Å². The van der Waals surface area contributed by atoms with Gasteiger partial charge in [0.15, 0.2) is 0 Å². The monoisotopic (exact) mass is 247 g/mol. The van der Waals surface area contributed by atoms with Crippen molar-refractivity contribution in [1.29, 1.82) is 0 Å². The second-order valence-electron chi connectivity index (χ2n) is 3.89. The number of aromatic nitrogens is 2. The molecule has 1 aromatic heterocycles. The first-order valence-electron chi connectivity index (χ1n) is 5.96. The molecule has 0 aliphatic heterocycles.